The second-order valence-electron chi connectivity index (χ2n) is 4.55. The maximum atomic E-state index is 11.8. The lowest BCUT2D eigenvalue weighted by atomic mass is 10.2. The summed E-state index contributed by atoms with van der Waals surface area (Å²) in [5, 5.41) is 2.86. The minimum atomic E-state index is -3.79. The van der Waals surface area contributed by atoms with Crippen molar-refractivity contribution < 1.29 is 13.2 Å². The molecule has 1 aliphatic rings. The summed E-state index contributed by atoms with van der Waals surface area (Å²) in [6.45, 7) is 2.11. The summed E-state index contributed by atoms with van der Waals surface area (Å²) in [4.78, 5) is 14.3. The van der Waals surface area contributed by atoms with E-state index in [1.54, 1.807) is 0 Å². The topological polar surface area (TPSA) is 79.0 Å². The molecule has 5 nitrogen and oxygen atoms in total. The van der Waals surface area contributed by atoms with Crippen molar-refractivity contribution >= 4 is 25.6 Å². The molecule has 0 saturated heterocycles. The van der Waals surface area contributed by atoms with E-state index < -0.39 is 9.05 Å². The third-order valence-electron chi connectivity index (χ3n) is 3.08. The van der Waals surface area contributed by atoms with E-state index in [-0.39, 0.29) is 22.5 Å². The lowest BCUT2D eigenvalue weighted by Gasteiger charge is -2.01. The molecule has 2 unspecified atom stereocenters. The standard InChI is InChI=1S/C11H15ClN2O3S/c1-2-3-7-4-9(7)14-11(15)10-5-8(6-13-10)18(12,16)17/h5-7,9,13H,2-4H2,1H3,(H,14,15). The fraction of sp³-hybridized carbons (Fsp3) is 0.545. The molecule has 0 aromatic carbocycles. The number of aromatic nitrogens is 1. The van der Waals surface area contributed by atoms with E-state index in [9.17, 15) is 13.2 Å². The van der Waals surface area contributed by atoms with E-state index >= 15 is 0 Å². The van der Waals surface area contributed by atoms with E-state index in [1.807, 2.05) is 0 Å². The molecule has 18 heavy (non-hydrogen) atoms. The fourth-order valence-corrected chi connectivity index (χ4v) is 2.73. The van der Waals surface area contributed by atoms with Gasteiger partial charge in [0.2, 0.25) is 0 Å². The van der Waals surface area contributed by atoms with E-state index in [0.717, 1.165) is 19.3 Å². The number of carbonyl (C=O) groups excluding carboxylic acids is 1. The number of carbonyl (C=O) groups is 1. The first kappa shape index (κ1) is 13.4. The number of rotatable bonds is 5. The van der Waals surface area contributed by atoms with Gasteiger partial charge in [0.25, 0.3) is 15.0 Å². The summed E-state index contributed by atoms with van der Waals surface area (Å²) in [6, 6.07) is 1.46. The number of halogens is 1. The minimum absolute atomic E-state index is 0.0878. The number of aromatic amines is 1. The first-order valence-corrected chi connectivity index (χ1v) is 8.16. The zero-order valence-electron chi connectivity index (χ0n) is 9.94. The molecule has 1 aromatic heterocycles. The maximum absolute atomic E-state index is 11.8. The Bertz CT molecular complexity index is 552. The van der Waals surface area contributed by atoms with E-state index in [1.165, 1.54) is 12.3 Å². The van der Waals surface area contributed by atoms with Gasteiger partial charge in [0.05, 0.1) is 0 Å². The molecule has 0 radical (unpaired) electrons. The predicted molar refractivity (Wildman–Crippen MR) is 68.1 cm³/mol. The van der Waals surface area contributed by atoms with Gasteiger partial charge in [-0.15, -0.1) is 0 Å². The minimum Gasteiger partial charge on any atom is -0.356 e. The Kier molecular flexibility index (Phi) is 3.68. The molecule has 0 aliphatic heterocycles. The van der Waals surface area contributed by atoms with Crippen LogP contribution in [-0.2, 0) is 9.05 Å². The van der Waals surface area contributed by atoms with Crippen molar-refractivity contribution in [3.63, 3.8) is 0 Å². The van der Waals surface area contributed by atoms with Crippen LogP contribution in [0.3, 0.4) is 0 Å². The van der Waals surface area contributed by atoms with Gasteiger partial charge >= 0.3 is 0 Å². The maximum Gasteiger partial charge on any atom is 0.267 e. The van der Waals surface area contributed by atoms with Crippen LogP contribution in [0.15, 0.2) is 17.2 Å². The Labute approximate surface area is 110 Å². The van der Waals surface area contributed by atoms with Crippen LogP contribution in [0.2, 0.25) is 0 Å². The third kappa shape index (κ3) is 3.05. The Morgan fingerprint density at radius 3 is 2.89 bits per heavy atom. The molecule has 2 N–H and O–H groups in total. The highest BCUT2D eigenvalue weighted by molar-refractivity contribution is 8.13. The van der Waals surface area contributed by atoms with Crippen LogP contribution < -0.4 is 5.32 Å². The van der Waals surface area contributed by atoms with Crippen LogP contribution in [0.1, 0.15) is 36.7 Å². The largest absolute Gasteiger partial charge is 0.356 e. The third-order valence-corrected chi connectivity index (χ3v) is 4.41. The summed E-state index contributed by atoms with van der Waals surface area (Å²) < 4.78 is 22.1. The van der Waals surface area contributed by atoms with Gasteiger partial charge < -0.3 is 10.3 Å². The molecule has 1 saturated carbocycles. The van der Waals surface area contributed by atoms with Crippen molar-refractivity contribution in [2.24, 2.45) is 5.92 Å². The molecule has 1 fully saturated rings. The number of H-pyrrole nitrogens is 1. The molecular weight excluding hydrogens is 276 g/mol. The summed E-state index contributed by atoms with van der Waals surface area (Å²) in [7, 11) is 1.39. The average molecular weight is 291 g/mol. The van der Waals surface area contributed by atoms with Gasteiger partial charge in [0.15, 0.2) is 0 Å². The summed E-state index contributed by atoms with van der Waals surface area (Å²) >= 11 is 0. The average Bonchev–Trinajstić information content (AvgIpc) is 2.82. The summed E-state index contributed by atoms with van der Waals surface area (Å²) in [5.41, 5.74) is 0.219. The molecule has 1 heterocycles. The number of hydrogen-bond donors (Lipinski definition) is 2. The molecule has 1 amide bonds. The van der Waals surface area contributed by atoms with E-state index in [0.29, 0.717) is 5.92 Å². The van der Waals surface area contributed by atoms with Gasteiger partial charge in [-0.25, -0.2) is 8.42 Å². The molecule has 7 heteroatoms. The first-order chi connectivity index (χ1) is 8.41. The van der Waals surface area contributed by atoms with Gasteiger partial charge in [-0.2, -0.15) is 0 Å². The van der Waals surface area contributed by atoms with Crippen LogP contribution in [-0.4, -0.2) is 25.4 Å². The Morgan fingerprint density at radius 1 is 1.61 bits per heavy atom. The summed E-state index contributed by atoms with van der Waals surface area (Å²) in [5.74, 6) is 0.273. The lowest BCUT2D eigenvalue weighted by Crippen LogP contribution is -2.27. The smallest absolute Gasteiger partial charge is 0.267 e. The second kappa shape index (κ2) is 4.93. The lowest BCUT2D eigenvalue weighted by molar-refractivity contribution is 0.0944. The van der Waals surface area contributed by atoms with Crippen molar-refractivity contribution in [2.75, 3.05) is 0 Å². The normalized spacial score (nSPS) is 22.8. The van der Waals surface area contributed by atoms with Crippen molar-refractivity contribution in [1.29, 1.82) is 0 Å². The molecule has 100 valence electrons. The van der Waals surface area contributed by atoms with Crippen molar-refractivity contribution in [3.8, 4) is 0 Å². The monoisotopic (exact) mass is 290 g/mol. The molecule has 0 spiro atoms. The molecule has 2 atom stereocenters. The van der Waals surface area contributed by atoms with Crippen LogP contribution >= 0.6 is 10.7 Å². The Balaban J connectivity index is 1.96. The number of amides is 1. The second-order valence-corrected chi connectivity index (χ2v) is 7.12. The van der Waals surface area contributed by atoms with E-state index in [2.05, 4.69) is 17.2 Å². The molecule has 1 aliphatic carbocycles. The fourth-order valence-electron chi connectivity index (χ4n) is 2.01. The van der Waals surface area contributed by atoms with Gasteiger partial charge in [-0.05, 0) is 24.8 Å². The van der Waals surface area contributed by atoms with Gasteiger partial charge in [0.1, 0.15) is 10.6 Å². The number of hydrogen-bond acceptors (Lipinski definition) is 3. The molecule has 1 aromatic rings. The first-order valence-electron chi connectivity index (χ1n) is 5.85. The quantitative estimate of drug-likeness (QED) is 0.813. The summed E-state index contributed by atoms with van der Waals surface area (Å²) in [6.07, 6.45) is 4.43. The number of nitrogens with one attached hydrogen (secondary N) is 2. The SMILES string of the molecule is CCCC1CC1NC(=O)c1cc(S(=O)(=O)Cl)c[nH]1. The van der Waals surface area contributed by atoms with Gasteiger partial charge in [-0.1, -0.05) is 13.3 Å². The van der Waals surface area contributed by atoms with Gasteiger partial charge in [0, 0.05) is 22.9 Å². The Hall–Kier alpha value is -1.01. The molecule has 2 rings (SSSR count). The van der Waals surface area contributed by atoms with Crippen LogP contribution in [0.25, 0.3) is 0 Å². The van der Waals surface area contributed by atoms with E-state index in [4.69, 9.17) is 10.7 Å². The Morgan fingerprint density at radius 2 is 2.33 bits per heavy atom. The highest BCUT2D eigenvalue weighted by Crippen LogP contribution is 2.34. The highest BCUT2D eigenvalue weighted by Gasteiger charge is 2.37. The zero-order valence-corrected chi connectivity index (χ0v) is 11.5. The van der Waals surface area contributed by atoms with Crippen LogP contribution in [0.4, 0.5) is 0 Å². The highest BCUT2D eigenvalue weighted by atomic mass is 35.7. The van der Waals surface area contributed by atoms with Crippen LogP contribution in [0, 0.1) is 5.92 Å². The van der Waals surface area contributed by atoms with Gasteiger partial charge in [-0.3, -0.25) is 4.79 Å². The molecular formula is C11H15ClN2O3S. The van der Waals surface area contributed by atoms with Crippen molar-refractivity contribution in [3.05, 3.63) is 18.0 Å². The van der Waals surface area contributed by atoms with Crippen molar-refractivity contribution in [2.45, 2.75) is 37.1 Å². The zero-order chi connectivity index (χ0) is 13.3. The predicted octanol–water partition coefficient (Wildman–Crippen LogP) is 1.86. The van der Waals surface area contributed by atoms with Crippen molar-refractivity contribution in [1.82, 2.24) is 10.3 Å². The molecule has 0 bridgehead atoms. The van der Waals surface area contributed by atoms with Crippen LogP contribution in [0.5, 0.6) is 0 Å².